The minimum Gasteiger partial charge on any atom is -0.392 e. The molecule has 17 heavy (non-hydrogen) atoms. The lowest BCUT2D eigenvalue weighted by Gasteiger charge is -2.52. The van der Waals surface area contributed by atoms with E-state index in [4.69, 9.17) is 0 Å². The van der Waals surface area contributed by atoms with Gasteiger partial charge in [-0.1, -0.05) is 55.4 Å². The van der Waals surface area contributed by atoms with Gasteiger partial charge in [-0.3, -0.25) is 0 Å². The van der Waals surface area contributed by atoms with E-state index in [1.807, 2.05) is 0 Å². The molecule has 1 heteroatoms. The highest BCUT2D eigenvalue weighted by Crippen LogP contribution is 2.50. The Labute approximate surface area is 108 Å². The number of aliphatic hydroxyl groups excluding tert-OH is 1. The highest BCUT2D eigenvalue weighted by molar-refractivity contribution is 4.97. The molecule has 1 fully saturated rings. The molecule has 1 nitrogen and oxygen atoms in total. The van der Waals surface area contributed by atoms with Crippen molar-refractivity contribution in [3.63, 3.8) is 0 Å². The van der Waals surface area contributed by atoms with Gasteiger partial charge < -0.3 is 5.11 Å². The van der Waals surface area contributed by atoms with E-state index in [0.29, 0.717) is 23.7 Å². The molecule has 102 valence electrons. The van der Waals surface area contributed by atoms with Crippen LogP contribution in [0.5, 0.6) is 0 Å². The first-order valence-electron chi connectivity index (χ1n) is 7.14. The van der Waals surface area contributed by atoms with Crippen LogP contribution in [0.3, 0.4) is 0 Å². The first-order chi connectivity index (χ1) is 7.46. The molecule has 0 amide bonds. The number of hydrogen-bond acceptors (Lipinski definition) is 1. The molecule has 0 aromatic rings. The van der Waals surface area contributed by atoms with Gasteiger partial charge in [0.05, 0.1) is 6.10 Å². The minimum absolute atomic E-state index is 0.152. The lowest BCUT2D eigenvalue weighted by molar-refractivity contribution is -0.109. The second kappa shape index (κ2) is 4.57. The van der Waals surface area contributed by atoms with Crippen molar-refractivity contribution < 1.29 is 5.11 Å². The summed E-state index contributed by atoms with van der Waals surface area (Å²) >= 11 is 0. The summed E-state index contributed by atoms with van der Waals surface area (Å²) in [7, 11) is 0. The lowest BCUT2D eigenvalue weighted by atomic mass is 9.55. The molecular weight excluding hydrogens is 208 g/mol. The summed E-state index contributed by atoms with van der Waals surface area (Å²) in [6.45, 7) is 18.3. The monoisotopic (exact) mass is 240 g/mol. The SMILES string of the molecule is CC1CC(C(C)(C)C)C(O)C(C(C)(C)C)C1C. The lowest BCUT2D eigenvalue weighted by Crippen LogP contribution is -2.51. The summed E-state index contributed by atoms with van der Waals surface area (Å²) in [6.07, 6.45) is 1.01. The average Bonchev–Trinajstić information content (AvgIpc) is 2.07. The fourth-order valence-corrected chi connectivity index (χ4v) is 3.84. The number of rotatable bonds is 0. The van der Waals surface area contributed by atoms with Crippen molar-refractivity contribution in [3.05, 3.63) is 0 Å². The molecule has 1 aliphatic carbocycles. The van der Waals surface area contributed by atoms with Gasteiger partial charge in [-0.25, -0.2) is 0 Å². The first kappa shape index (κ1) is 15.0. The molecule has 5 unspecified atom stereocenters. The van der Waals surface area contributed by atoms with E-state index in [0.717, 1.165) is 0 Å². The zero-order chi connectivity index (χ0) is 13.6. The van der Waals surface area contributed by atoms with Crippen molar-refractivity contribution in [1.29, 1.82) is 0 Å². The van der Waals surface area contributed by atoms with Crippen LogP contribution in [-0.2, 0) is 0 Å². The Morgan fingerprint density at radius 3 is 1.71 bits per heavy atom. The van der Waals surface area contributed by atoms with Gasteiger partial charge >= 0.3 is 0 Å². The molecule has 1 rings (SSSR count). The molecule has 0 radical (unpaired) electrons. The highest BCUT2D eigenvalue weighted by atomic mass is 16.3. The quantitative estimate of drug-likeness (QED) is 0.667. The van der Waals surface area contributed by atoms with E-state index in [9.17, 15) is 5.11 Å². The maximum Gasteiger partial charge on any atom is 0.0609 e. The molecule has 0 bridgehead atoms. The first-order valence-corrected chi connectivity index (χ1v) is 7.14. The summed E-state index contributed by atoms with van der Waals surface area (Å²) in [4.78, 5) is 0. The summed E-state index contributed by atoms with van der Waals surface area (Å²) in [6, 6.07) is 0. The van der Waals surface area contributed by atoms with Gasteiger partial charge in [0.1, 0.15) is 0 Å². The predicted molar refractivity (Wildman–Crippen MR) is 74.8 cm³/mol. The minimum atomic E-state index is -0.152. The third kappa shape index (κ3) is 3.05. The molecule has 0 aromatic heterocycles. The molecule has 1 aliphatic rings. The summed E-state index contributed by atoms with van der Waals surface area (Å²) < 4.78 is 0. The van der Waals surface area contributed by atoms with Crippen molar-refractivity contribution in [2.24, 2.45) is 34.5 Å². The Morgan fingerprint density at radius 1 is 0.882 bits per heavy atom. The number of hydrogen-bond donors (Lipinski definition) is 1. The van der Waals surface area contributed by atoms with Crippen LogP contribution in [0.15, 0.2) is 0 Å². The molecule has 1 saturated carbocycles. The zero-order valence-corrected chi connectivity index (χ0v) is 13.0. The van der Waals surface area contributed by atoms with Crippen LogP contribution in [-0.4, -0.2) is 11.2 Å². The Hall–Kier alpha value is -0.0400. The van der Waals surface area contributed by atoms with E-state index in [2.05, 4.69) is 55.4 Å². The Morgan fingerprint density at radius 2 is 1.35 bits per heavy atom. The second-order valence-corrected chi connectivity index (χ2v) is 8.43. The molecule has 0 aliphatic heterocycles. The van der Waals surface area contributed by atoms with Gasteiger partial charge in [0.2, 0.25) is 0 Å². The topological polar surface area (TPSA) is 20.2 Å². The smallest absolute Gasteiger partial charge is 0.0609 e. The van der Waals surface area contributed by atoms with E-state index in [-0.39, 0.29) is 16.9 Å². The second-order valence-electron chi connectivity index (χ2n) is 8.43. The van der Waals surface area contributed by atoms with E-state index < -0.39 is 0 Å². The van der Waals surface area contributed by atoms with Gasteiger partial charge in [0.15, 0.2) is 0 Å². The van der Waals surface area contributed by atoms with Gasteiger partial charge in [0, 0.05) is 0 Å². The largest absolute Gasteiger partial charge is 0.392 e. The van der Waals surface area contributed by atoms with E-state index in [1.54, 1.807) is 0 Å². The van der Waals surface area contributed by atoms with Crippen LogP contribution < -0.4 is 0 Å². The van der Waals surface area contributed by atoms with Gasteiger partial charge in [-0.05, 0) is 40.9 Å². The number of aliphatic hydroxyl groups is 1. The van der Waals surface area contributed by atoms with Crippen molar-refractivity contribution in [2.45, 2.75) is 67.9 Å². The van der Waals surface area contributed by atoms with Crippen LogP contribution in [0.2, 0.25) is 0 Å². The van der Waals surface area contributed by atoms with Gasteiger partial charge in [0.25, 0.3) is 0 Å². The third-order valence-corrected chi connectivity index (χ3v) is 4.98. The van der Waals surface area contributed by atoms with Crippen molar-refractivity contribution in [3.8, 4) is 0 Å². The molecule has 0 heterocycles. The zero-order valence-electron chi connectivity index (χ0n) is 13.0. The standard InChI is InChI=1S/C16H32O/c1-10-9-12(15(3,4)5)14(17)13(11(10)2)16(6,7)8/h10-14,17H,9H2,1-8H3. The predicted octanol–water partition coefficient (Wildman–Crippen LogP) is 4.35. The van der Waals surface area contributed by atoms with Crippen LogP contribution >= 0.6 is 0 Å². The maximum atomic E-state index is 10.8. The van der Waals surface area contributed by atoms with Crippen LogP contribution in [0.25, 0.3) is 0 Å². The fraction of sp³-hybridized carbons (Fsp3) is 1.00. The average molecular weight is 240 g/mol. The normalized spacial score (nSPS) is 40.4. The van der Waals surface area contributed by atoms with Crippen molar-refractivity contribution >= 4 is 0 Å². The highest BCUT2D eigenvalue weighted by Gasteiger charge is 2.48. The van der Waals surface area contributed by atoms with Crippen LogP contribution in [0, 0.1) is 34.5 Å². The van der Waals surface area contributed by atoms with Gasteiger partial charge in [-0.2, -0.15) is 0 Å². The van der Waals surface area contributed by atoms with Crippen LogP contribution in [0.4, 0.5) is 0 Å². The Bertz CT molecular complexity index is 256. The third-order valence-electron chi connectivity index (χ3n) is 4.98. The summed E-state index contributed by atoms with van der Waals surface area (Å²) in [5.41, 5.74) is 0.397. The molecule has 1 N–H and O–H groups in total. The fourth-order valence-electron chi connectivity index (χ4n) is 3.84. The molecule has 0 aromatic carbocycles. The maximum absolute atomic E-state index is 10.8. The molecular formula is C16H32O. The van der Waals surface area contributed by atoms with Crippen LogP contribution in [0.1, 0.15) is 61.8 Å². The van der Waals surface area contributed by atoms with E-state index >= 15 is 0 Å². The summed E-state index contributed by atoms with van der Waals surface area (Å²) in [5, 5.41) is 10.8. The van der Waals surface area contributed by atoms with E-state index in [1.165, 1.54) is 6.42 Å². The van der Waals surface area contributed by atoms with Crippen molar-refractivity contribution in [1.82, 2.24) is 0 Å². The molecule has 0 spiro atoms. The van der Waals surface area contributed by atoms with Crippen molar-refractivity contribution in [2.75, 3.05) is 0 Å². The summed E-state index contributed by atoms with van der Waals surface area (Å²) in [5.74, 6) is 2.17. The van der Waals surface area contributed by atoms with Gasteiger partial charge in [-0.15, -0.1) is 0 Å². The Balaban J connectivity index is 3.04. The Kier molecular flexibility index (Phi) is 4.04. The molecule has 5 atom stereocenters. The molecule has 0 saturated heterocycles.